The zero-order valence-electron chi connectivity index (χ0n) is 19.7. The highest BCUT2D eigenvalue weighted by atomic mass is 35.5. The van der Waals surface area contributed by atoms with E-state index in [1.807, 2.05) is 13.0 Å². The predicted molar refractivity (Wildman–Crippen MR) is 135 cm³/mol. The Morgan fingerprint density at radius 3 is 2.58 bits per heavy atom. The highest BCUT2D eigenvalue weighted by Gasteiger charge is 2.30. The van der Waals surface area contributed by atoms with E-state index in [9.17, 15) is 10.2 Å². The summed E-state index contributed by atoms with van der Waals surface area (Å²) in [6, 6.07) is 4.34. The van der Waals surface area contributed by atoms with Crippen LogP contribution >= 0.6 is 11.6 Å². The van der Waals surface area contributed by atoms with E-state index in [1.54, 1.807) is 0 Å². The standard InChI is InChI=1S/C28H39ClO2/c1-7-9-22(12-13-30)26-16-24-15-20(5)28(29)17-27(24)23(11-10-18(26)3)14-19(4)25(8-2)21(6)31/h8,14-15,17-18,22,26,30-31H,4,6-7,9-13,16H2,1-3,5H3/b23-14+,25-8+. The molecule has 2 nitrogen and oxygen atoms in total. The first kappa shape index (κ1) is 25.5. The molecule has 0 bridgehead atoms. The lowest BCUT2D eigenvalue weighted by molar-refractivity contribution is 0.165. The average Bonchev–Trinajstić information content (AvgIpc) is 2.70. The van der Waals surface area contributed by atoms with Crippen molar-refractivity contribution in [2.45, 2.75) is 66.2 Å². The van der Waals surface area contributed by atoms with Gasteiger partial charge in [0.05, 0.1) is 0 Å². The largest absolute Gasteiger partial charge is 0.508 e. The molecule has 31 heavy (non-hydrogen) atoms. The van der Waals surface area contributed by atoms with Crippen molar-refractivity contribution in [3.05, 3.63) is 76.1 Å². The number of benzene rings is 1. The SMILES string of the molecule is C=C(O)/C(=C/C)C(=C)/C=C1\CCC(C)C(C(CCC)CCO)Cc2cc(C)c(Cl)cc21. The summed E-state index contributed by atoms with van der Waals surface area (Å²) in [6.45, 7) is 16.7. The molecule has 3 atom stereocenters. The number of aliphatic hydroxyl groups excluding tert-OH is 2. The molecule has 0 spiro atoms. The summed E-state index contributed by atoms with van der Waals surface area (Å²) in [5.74, 6) is 1.66. The van der Waals surface area contributed by atoms with Gasteiger partial charge in [0.25, 0.3) is 0 Å². The third-order valence-corrected chi connectivity index (χ3v) is 7.25. The molecule has 1 aliphatic rings. The molecule has 0 fully saturated rings. The van der Waals surface area contributed by atoms with Gasteiger partial charge >= 0.3 is 0 Å². The van der Waals surface area contributed by atoms with Crippen LogP contribution in [-0.4, -0.2) is 16.8 Å². The van der Waals surface area contributed by atoms with Crippen LogP contribution in [-0.2, 0) is 6.42 Å². The fraction of sp³-hybridized carbons (Fsp3) is 0.500. The van der Waals surface area contributed by atoms with E-state index in [1.165, 1.54) is 16.7 Å². The van der Waals surface area contributed by atoms with Gasteiger partial charge in [0.15, 0.2) is 0 Å². The van der Waals surface area contributed by atoms with Crippen LogP contribution in [0.2, 0.25) is 5.02 Å². The Bertz CT molecular complexity index is 856. The fourth-order valence-corrected chi connectivity index (χ4v) is 5.28. The van der Waals surface area contributed by atoms with Gasteiger partial charge in [0.1, 0.15) is 5.76 Å². The Kier molecular flexibility index (Phi) is 9.65. The summed E-state index contributed by atoms with van der Waals surface area (Å²) in [5, 5.41) is 20.4. The molecule has 170 valence electrons. The van der Waals surface area contributed by atoms with E-state index in [-0.39, 0.29) is 12.4 Å². The maximum atomic E-state index is 9.93. The Morgan fingerprint density at radius 1 is 1.29 bits per heavy atom. The van der Waals surface area contributed by atoms with Gasteiger partial charge in [-0.1, -0.05) is 69.7 Å². The molecule has 2 N–H and O–H groups in total. The molecule has 1 aromatic carbocycles. The molecule has 0 aliphatic heterocycles. The second-order valence-corrected chi connectivity index (χ2v) is 9.45. The van der Waals surface area contributed by atoms with Crippen LogP contribution in [0.15, 0.2) is 54.3 Å². The van der Waals surface area contributed by atoms with Gasteiger partial charge in [0, 0.05) is 17.2 Å². The first-order valence-electron chi connectivity index (χ1n) is 11.6. The van der Waals surface area contributed by atoms with Gasteiger partial charge in [-0.3, -0.25) is 0 Å². The monoisotopic (exact) mass is 442 g/mol. The second-order valence-electron chi connectivity index (χ2n) is 9.05. The normalized spacial score (nSPS) is 21.9. The number of aliphatic hydroxyl groups is 2. The van der Waals surface area contributed by atoms with E-state index >= 15 is 0 Å². The molecule has 0 heterocycles. The highest BCUT2D eigenvalue weighted by molar-refractivity contribution is 6.31. The predicted octanol–water partition coefficient (Wildman–Crippen LogP) is 7.99. The lowest BCUT2D eigenvalue weighted by Crippen LogP contribution is -2.27. The number of fused-ring (bicyclic) bond motifs is 1. The van der Waals surface area contributed by atoms with Gasteiger partial charge in [-0.05, 0) is 91.2 Å². The minimum absolute atomic E-state index is 0.0391. The summed E-state index contributed by atoms with van der Waals surface area (Å²) in [5.41, 5.74) is 6.25. The number of allylic oxidation sites excluding steroid dienone is 4. The van der Waals surface area contributed by atoms with Crippen LogP contribution in [0.5, 0.6) is 0 Å². The van der Waals surface area contributed by atoms with Crippen molar-refractivity contribution >= 4 is 17.2 Å². The van der Waals surface area contributed by atoms with E-state index in [0.29, 0.717) is 23.3 Å². The van der Waals surface area contributed by atoms with E-state index in [4.69, 9.17) is 11.6 Å². The first-order chi connectivity index (χ1) is 14.7. The molecule has 1 aliphatic carbocycles. The van der Waals surface area contributed by atoms with Crippen molar-refractivity contribution in [1.29, 1.82) is 0 Å². The van der Waals surface area contributed by atoms with Gasteiger partial charge in [-0.15, -0.1) is 0 Å². The molecule has 3 unspecified atom stereocenters. The number of hydrogen-bond donors (Lipinski definition) is 2. The van der Waals surface area contributed by atoms with Gasteiger partial charge in [0.2, 0.25) is 0 Å². The lowest BCUT2D eigenvalue weighted by atomic mass is 9.70. The van der Waals surface area contributed by atoms with Gasteiger partial charge in [-0.25, -0.2) is 0 Å². The highest BCUT2D eigenvalue weighted by Crippen LogP contribution is 2.41. The van der Waals surface area contributed by atoms with Gasteiger partial charge < -0.3 is 10.2 Å². The molecule has 0 aromatic heterocycles. The summed E-state index contributed by atoms with van der Waals surface area (Å²) in [7, 11) is 0. The number of rotatable bonds is 8. The summed E-state index contributed by atoms with van der Waals surface area (Å²) >= 11 is 6.56. The summed E-state index contributed by atoms with van der Waals surface area (Å²) in [6.07, 6.45) is 10.1. The van der Waals surface area contributed by atoms with Crippen molar-refractivity contribution in [3.8, 4) is 0 Å². The van der Waals surface area contributed by atoms with Crippen LogP contribution in [0.4, 0.5) is 0 Å². The molecule has 0 saturated heterocycles. The smallest absolute Gasteiger partial charge is 0.115 e. The zero-order chi connectivity index (χ0) is 23.1. The quantitative estimate of drug-likeness (QED) is 0.316. The first-order valence-corrected chi connectivity index (χ1v) is 12.0. The van der Waals surface area contributed by atoms with Crippen molar-refractivity contribution in [2.75, 3.05) is 6.61 Å². The van der Waals surface area contributed by atoms with Crippen LogP contribution in [0.25, 0.3) is 5.57 Å². The molecule has 1 aromatic rings. The Morgan fingerprint density at radius 2 is 2.00 bits per heavy atom. The average molecular weight is 443 g/mol. The summed E-state index contributed by atoms with van der Waals surface area (Å²) in [4.78, 5) is 0. The van der Waals surface area contributed by atoms with Gasteiger partial charge in [-0.2, -0.15) is 0 Å². The molecule has 0 amide bonds. The Labute approximate surface area is 194 Å². The fourth-order valence-electron chi connectivity index (χ4n) is 5.11. The van der Waals surface area contributed by atoms with Crippen molar-refractivity contribution in [1.82, 2.24) is 0 Å². The third-order valence-electron chi connectivity index (χ3n) is 6.84. The van der Waals surface area contributed by atoms with E-state index in [2.05, 4.69) is 52.1 Å². The molecule has 0 radical (unpaired) electrons. The minimum atomic E-state index is 0.0391. The minimum Gasteiger partial charge on any atom is -0.508 e. The van der Waals surface area contributed by atoms with Crippen molar-refractivity contribution in [2.24, 2.45) is 17.8 Å². The number of aryl methyl sites for hydroxylation is 1. The lowest BCUT2D eigenvalue weighted by Gasteiger charge is -2.35. The van der Waals surface area contributed by atoms with E-state index < -0.39 is 0 Å². The molecule has 0 saturated carbocycles. The van der Waals surface area contributed by atoms with Crippen LogP contribution in [0, 0.1) is 24.7 Å². The van der Waals surface area contributed by atoms with Crippen LogP contribution < -0.4 is 0 Å². The van der Waals surface area contributed by atoms with Crippen molar-refractivity contribution in [3.63, 3.8) is 0 Å². The topological polar surface area (TPSA) is 40.5 Å². The molecule has 2 rings (SSSR count). The molecule has 3 heteroatoms. The maximum absolute atomic E-state index is 9.93. The number of hydrogen-bond acceptors (Lipinski definition) is 2. The number of halogens is 1. The Balaban J connectivity index is 2.56. The van der Waals surface area contributed by atoms with E-state index in [0.717, 1.165) is 54.7 Å². The maximum Gasteiger partial charge on any atom is 0.115 e. The zero-order valence-corrected chi connectivity index (χ0v) is 20.4. The second kappa shape index (κ2) is 11.7. The molecular formula is C28H39ClO2. The third kappa shape index (κ3) is 6.37. The van der Waals surface area contributed by atoms with Crippen LogP contribution in [0.3, 0.4) is 0 Å². The van der Waals surface area contributed by atoms with Crippen LogP contribution in [0.1, 0.15) is 69.6 Å². The van der Waals surface area contributed by atoms with Crippen molar-refractivity contribution < 1.29 is 10.2 Å². The summed E-state index contributed by atoms with van der Waals surface area (Å²) < 4.78 is 0. The Hall–Kier alpha value is -1.77. The molecular weight excluding hydrogens is 404 g/mol.